The predicted molar refractivity (Wildman–Crippen MR) is 63.7 cm³/mol. The van der Waals surface area contributed by atoms with E-state index in [1.807, 2.05) is 0 Å². The zero-order valence-corrected chi connectivity index (χ0v) is 10.3. The number of benzene rings is 1. The molecule has 1 aromatic rings. The van der Waals surface area contributed by atoms with Crippen molar-refractivity contribution in [2.24, 2.45) is 5.73 Å². The van der Waals surface area contributed by atoms with Gasteiger partial charge in [-0.3, -0.25) is 4.79 Å². The molecular formula is C11H14ClNO4. The molecule has 0 bridgehead atoms. The molecule has 0 saturated heterocycles. The van der Waals surface area contributed by atoms with Gasteiger partial charge in [0.2, 0.25) is 0 Å². The van der Waals surface area contributed by atoms with E-state index in [-0.39, 0.29) is 6.42 Å². The molecule has 0 aliphatic heterocycles. The Kier molecular flexibility index (Phi) is 4.60. The number of rotatable bonds is 5. The van der Waals surface area contributed by atoms with Crippen LogP contribution < -0.4 is 15.2 Å². The van der Waals surface area contributed by atoms with Gasteiger partial charge in [-0.05, 0) is 6.07 Å². The van der Waals surface area contributed by atoms with Crippen LogP contribution in [0, 0.1) is 0 Å². The third-order valence-electron chi connectivity index (χ3n) is 2.27. The van der Waals surface area contributed by atoms with Gasteiger partial charge in [0.1, 0.15) is 0 Å². The van der Waals surface area contributed by atoms with Crippen molar-refractivity contribution in [1.82, 2.24) is 0 Å². The van der Waals surface area contributed by atoms with E-state index in [9.17, 15) is 4.79 Å². The molecule has 17 heavy (non-hydrogen) atoms. The van der Waals surface area contributed by atoms with Gasteiger partial charge in [-0.25, -0.2) is 0 Å². The molecule has 0 aromatic heterocycles. The Balaban J connectivity index is 3.20. The third-order valence-corrected chi connectivity index (χ3v) is 2.48. The summed E-state index contributed by atoms with van der Waals surface area (Å²) in [6, 6.07) is 2.46. The summed E-state index contributed by atoms with van der Waals surface area (Å²) in [4.78, 5) is 10.6. The molecule has 5 nitrogen and oxygen atoms in total. The average Bonchev–Trinajstić information content (AvgIpc) is 2.26. The first-order valence-electron chi connectivity index (χ1n) is 4.88. The molecule has 6 heteroatoms. The van der Waals surface area contributed by atoms with Gasteiger partial charge in [-0.1, -0.05) is 11.6 Å². The van der Waals surface area contributed by atoms with Crippen molar-refractivity contribution >= 4 is 17.6 Å². The smallest absolute Gasteiger partial charge is 0.305 e. The number of methoxy groups -OCH3 is 2. The summed E-state index contributed by atoms with van der Waals surface area (Å²) in [6.45, 7) is 0. The molecule has 94 valence electrons. The maximum absolute atomic E-state index is 10.6. The van der Waals surface area contributed by atoms with Crippen molar-refractivity contribution in [1.29, 1.82) is 0 Å². The highest BCUT2D eigenvalue weighted by Gasteiger charge is 2.19. The quantitative estimate of drug-likeness (QED) is 0.843. The van der Waals surface area contributed by atoms with Gasteiger partial charge in [0.05, 0.1) is 20.6 Å². The van der Waals surface area contributed by atoms with Crippen LogP contribution in [0.3, 0.4) is 0 Å². The van der Waals surface area contributed by atoms with E-state index in [0.29, 0.717) is 22.1 Å². The fourth-order valence-corrected chi connectivity index (χ4v) is 1.75. The van der Waals surface area contributed by atoms with Crippen LogP contribution >= 0.6 is 11.6 Å². The van der Waals surface area contributed by atoms with E-state index in [2.05, 4.69) is 0 Å². The number of carboxylic acids is 1. The molecule has 0 aliphatic rings. The lowest BCUT2D eigenvalue weighted by molar-refractivity contribution is -0.137. The average molecular weight is 260 g/mol. The normalized spacial score (nSPS) is 12.0. The van der Waals surface area contributed by atoms with Crippen LogP contribution in [0.2, 0.25) is 5.02 Å². The molecule has 0 aliphatic carbocycles. The monoisotopic (exact) mass is 259 g/mol. The summed E-state index contributed by atoms with van der Waals surface area (Å²) in [5.74, 6) is -0.153. The summed E-state index contributed by atoms with van der Waals surface area (Å²) in [6.07, 6.45) is -0.208. The number of hydrogen-bond acceptors (Lipinski definition) is 4. The molecule has 0 heterocycles. The Bertz CT molecular complexity index is 422. The van der Waals surface area contributed by atoms with E-state index < -0.39 is 12.0 Å². The van der Waals surface area contributed by atoms with Crippen LogP contribution in [0.1, 0.15) is 18.0 Å². The first-order chi connectivity index (χ1) is 7.99. The standard InChI is InChI=1S/C11H14ClNO4/c1-16-9-4-6(12)3-7(11(9)17-2)8(13)5-10(14)15/h3-4,8H,5,13H2,1-2H3,(H,14,15). The van der Waals surface area contributed by atoms with Gasteiger partial charge >= 0.3 is 5.97 Å². The first kappa shape index (κ1) is 13.6. The van der Waals surface area contributed by atoms with Gasteiger partial charge in [-0.2, -0.15) is 0 Å². The Morgan fingerprint density at radius 3 is 2.59 bits per heavy atom. The Morgan fingerprint density at radius 1 is 1.47 bits per heavy atom. The fraction of sp³-hybridized carbons (Fsp3) is 0.364. The van der Waals surface area contributed by atoms with Crippen molar-refractivity contribution in [2.45, 2.75) is 12.5 Å². The molecular weight excluding hydrogens is 246 g/mol. The second kappa shape index (κ2) is 5.75. The number of carbonyl (C=O) groups is 1. The molecule has 1 unspecified atom stereocenters. The Labute approximate surface area is 104 Å². The molecule has 3 N–H and O–H groups in total. The van der Waals surface area contributed by atoms with E-state index in [0.717, 1.165) is 0 Å². The molecule has 1 rings (SSSR count). The highest BCUT2D eigenvalue weighted by molar-refractivity contribution is 6.30. The minimum absolute atomic E-state index is 0.208. The third kappa shape index (κ3) is 3.25. The van der Waals surface area contributed by atoms with E-state index in [1.54, 1.807) is 12.1 Å². The van der Waals surface area contributed by atoms with Crippen molar-refractivity contribution in [2.75, 3.05) is 14.2 Å². The number of halogens is 1. The largest absolute Gasteiger partial charge is 0.493 e. The maximum Gasteiger partial charge on any atom is 0.305 e. The highest BCUT2D eigenvalue weighted by Crippen LogP contribution is 2.37. The van der Waals surface area contributed by atoms with Crippen LogP contribution in [0.25, 0.3) is 0 Å². The minimum atomic E-state index is -0.988. The molecule has 0 saturated carbocycles. The van der Waals surface area contributed by atoms with Gasteiger partial charge in [-0.15, -0.1) is 0 Å². The lowest BCUT2D eigenvalue weighted by atomic mass is 10.0. The Hall–Kier alpha value is -1.46. The first-order valence-corrected chi connectivity index (χ1v) is 5.26. The predicted octanol–water partition coefficient (Wildman–Crippen LogP) is 1.83. The van der Waals surface area contributed by atoms with Crippen LogP contribution in [0.4, 0.5) is 0 Å². The second-order valence-corrected chi connectivity index (χ2v) is 3.87. The van der Waals surface area contributed by atoms with Crippen LogP contribution in [0.5, 0.6) is 11.5 Å². The lowest BCUT2D eigenvalue weighted by Crippen LogP contribution is -2.16. The van der Waals surface area contributed by atoms with Crippen LogP contribution in [-0.2, 0) is 4.79 Å². The molecule has 0 amide bonds. The summed E-state index contributed by atoms with van der Waals surface area (Å²) in [5.41, 5.74) is 6.30. The second-order valence-electron chi connectivity index (χ2n) is 3.43. The van der Waals surface area contributed by atoms with Crippen LogP contribution in [-0.4, -0.2) is 25.3 Å². The molecule has 1 atom stereocenters. The summed E-state index contributed by atoms with van der Waals surface area (Å²) >= 11 is 5.90. The number of carboxylic acid groups (broad SMARTS) is 1. The molecule has 1 aromatic carbocycles. The van der Waals surface area contributed by atoms with Crippen molar-refractivity contribution in [3.63, 3.8) is 0 Å². The van der Waals surface area contributed by atoms with Crippen molar-refractivity contribution < 1.29 is 19.4 Å². The van der Waals surface area contributed by atoms with Crippen molar-refractivity contribution in [3.8, 4) is 11.5 Å². The van der Waals surface area contributed by atoms with Crippen molar-refractivity contribution in [3.05, 3.63) is 22.7 Å². The van der Waals surface area contributed by atoms with Crippen LogP contribution in [0.15, 0.2) is 12.1 Å². The summed E-state index contributed by atoms with van der Waals surface area (Å²) in [5, 5.41) is 9.13. The van der Waals surface area contributed by atoms with Gasteiger partial charge in [0.15, 0.2) is 11.5 Å². The van der Waals surface area contributed by atoms with Gasteiger partial charge in [0, 0.05) is 22.7 Å². The lowest BCUT2D eigenvalue weighted by Gasteiger charge is -2.17. The number of hydrogen-bond donors (Lipinski definition) is 2. The number of nitrogens with two attached hydrogens (primary N) is 1. The minimum Gasteiger partial charge on any atom is -0.493 e. The fourth-order valence-electron chi connectivity index (χ4n) is 1.53. The molecule has 0 fully saturated rings. The summed E-state index contributed by atoms with van der Waals surface area (Å²) < 4.78 is 10.3. The van der Waals surface area contributed by atoms with Gasteiger partial charge in [0.25, 0.3) is 0 Å². The van der Waals surface area contributed by atoms with E-state index in [1.165, 1.54) is 14.2 Å². The summed E-state index contributed by atoms with van der Waals surface area (Å²) in [7, 11) is 2.93. The zero-order chi connectivity index (χ0) is 13.0. The molecule has 0 spiro atoms. The SMILES string of the molecule is COc1cc(Cl)cc(C(N)CC(=O)O)c1OC. The number of aliphatic carboxylic acids is 1. The highest BCUT2D eigenvalue weighted by atomic mass is 35.5. The zero-order valence-electron chi connectivity index (χ0n) is 9.57. The number of ether oxygens (including phenoxy) is 2. The maximum atomic E-state index is 10.6. The van der Waals surface area contributed by atoms with E-state index >= 15 is 0 Å². The molecule has 0 radical (unpaired) electrons. The van der Waals surface area contributed by atoms with E-state index in [4.69, 9.17) is 31.9 Å². The topological polar surface area (TPSA) is 81.8 Å². The Morgan fingerprint density at radius 2 is 2.12 bits per heavy atom. The van der Waals surface area contributed by atoms with Gasteiger partial charge < -0.3 is 20.3 Å².